The Morgan fingerprint density at radius 3 is 2.65 bits per heavy atom. The average molecular weight is 306 g/mol. The first-order valence-electron chi connectivity index (χ1n) is 7.95. The van der Waals surface area contributed by atoms with Gasteiger partial charge in [0, 0.05) is 35.8 Å². The molecule has 0 bridgehead atoms. The van der Waals surface area contributed by atoms with E-state index in [2.05, 4.69) is 48.1 Å². The monoisotopic (exact) mass is 306 g/mol. The third-order valence-electron chi connectivity index (χ3n) is 4.47. The minimum atomic E-state index is -0.00779. The van der Waals surface area contributed by atoms with Crippen molar-refractivity contribution in [2.24, 2.45) is 7.05 Å². The van der Waals surface area contributed by atoms with Crippen molar-refractivity contribution in [3.05, 3.63) is 70.9 Å². The summed E-state index contributed by atoms with van der Waals surface area (Å²) < 4.78 is 2.22. The van der Waals surface area contributed by atoms with Crippen LogP contribution in [0.1, 0.15) is 27.2 Å². The topological polar surface area (TPSA) is 34.0 Å². The number of amides is 1. The van der Waals surface area contributed by atoms with E-state index in [1.165, 1.54) is 22.2 Å². The van der Waals surface area contributed by atoms with Crippen molar-refractivity contribution in [3.8, 4) is 0 Å². The lowest BCUT2D eigenvalue weighted by Crippen LogP contribution is -2.25. The van der Waals surface area contributed by atoms with Gasteiger partial charge in [-0.2, -0.15) is 0 Å². The second-order valence-corrected chi connectivity index (χ2v) is 6.02. The molecular weight excluding hydrogens is 284 g/mol. The Hall–Kier alpha value is -2.55. The number of fused-ring (bicyclic) bond motifs is 1. The Bertz CT molecular complexity index is 861. The quantitative estimate of drug-likeness (QED) is 0.782. The number of hydrogen-bond donors (Lipinski definition) is 1. The molecule has 0 saturated heterocycles. The van der Waals surface area contributed by atoms with Gasteiger partial charge < -0.3 is 9.88 Å². The van der Waals surface area contributed by atoms with Crippen molar-refractivity contribution >= 4 is 16.8 Å². The molecule has 1 heterocycles. The van der Waals surface area contributed by atoms with E-state index in [1.807, 2.05) is 31.2 Å². The first-order chi connectivity index (χ1) is 11.1. The Kier molecular flexibility index (Phi) is 4.20. The molecule has 0 unspecified atom stereocenters. The summed E-state index contributed by atoms with van der Waals surface area (Å²) >= 11 is 0. The Balaban J connectivity index is 1.72. The number of benzene rings is 2. The van der Waals surface area contributed by atoms with Crippen molar-refractivity contribution < 1.29 is 4.79 Å². The van der Waals surface area contributed by atoms with Gasteiger partial charge in [0.1, 0.15) is 0 Å². The van der Waals surface area contributed by atoms with Crippen molar-refractivity contribution in [1.29, 1.82) is 0 Å². The Morgan fingerprint density at radius 2 is 1.87 bits per heavy atom. The molecule has 3 aromatic rings. The number of nitrogens with zero attached hydrogens (tertiary/aromatic N) is 1. The fraction of sp³-hybridized carbons (Fsp3) is 0.250. The highest BCUT2D eigenvalue weighted by molar-refractivity contribution is 5.94. The maximum Gasteiger partial charge on any atom is 0.251 e. The molecule has 118 valence electrons. The van der Waals surface area contributed by atoms with Gasteiger partial charge >= 0.3 is 0 Å². The van der Waals surface area contributed by atoms with Gasteiger partial charge in [0.25, 0.3) is 5.91 Å². The summed E-state index contributed by atoms with van der Waals surface area (Å²) in [6, 6.07) is 16.1. The van der Waals surface area contributed by atoms with E-state index in [1.54, 1.807) is 0 Å². The van der Waals surface area contributed by atoms with Crippen LogP contribution in [0, 0.1) is 13.8 Å². The van der Waals surface area contributed by atoms with Crippen LogP contribution in [0.25, 0.3) is 10.9 Å². The molecule has 3 nitrogen and oxygen atoms in total. The lowest BCUT2D eigenvalue weighted by atomic mass is 10.1. The summed E-state index contributed by atoms with van der Waals surface area (Å²) in [4.78, 5) is 12.2. The van der Waals surface area contributed by atoms with Crippen LogP contribution in [0.5, 0.6) is 0 Å². The maximum atomic E-state index is 12.2. The number of hydrogen-bond acceptors (Lipinski definition) is 1. The number of carbonyl (C=O) groups excluding carboxylic acids is 1. The van der Waals surface area contributed by atoms with E-state index in [4.69, 9.17) is 0 Å². The minimum Gasteiger partial charge on any atom is -0.352 e. The van der Waals surface area contributed by atoms with Crippen molar-refractivity contribution in [1.82, 2.24) is 9.88 Å². The second-order valence-electron chi connectivity index (χ2n) is 6.02. The molecule has 0 aliphatic heterocycles. The van der Waals surface area contributed by atoms with E-state index < -0.39 is 0 Å². The third-order valence-corrected chi connectivity index (χ3v) is 4.47. The molecule has 0 saturated carbocycles. The standard InChI is InChI=1S/C20H22N2O/c1-14-7-6-8-16(13-14)20(23)21-12-11-17-15(2)22(3)19-10-5-4-9-18(17)19/h4-10,13H,11-12H2,1-3H3,(H,21,23). The molecule has 2 aromatic carbocycles. The van der Waals surface area contributed by atoms with Gasteiger partial charge in [0.05, 0.1) is 0 Å². The summed E-state index contributed by atoms with van der Waals surface area (Å²) in [6.45, 7) is 4.77. The van der Waals surface area contributed by atoms with E-state index in [0.29, 0.717) is 6.54 Å². The number of rotatable bonds is 4. The molecule has 1 amide bonds. The predicted octanol–water partition coefficient (Wildman–Crippen LogP) is 3.77. The van der Waals surface area contributed by atoms with Crippen LogP contribution < -0.4 is 5.32 Å². The zero-order valence-electron chi connectivity index (χ0n) is 13.9. The van der Waals surface area contributed by atoms with E-state index in [9.17, 15) is 4.79 Å². The number of para-hydroxylation sites is 1. The lowest BCUT2D eigenvalue weighted by Gasteiger charge is -2.07. The first-order valence-corrected chi connectivity index (χ1v) is 7.95. The fourth-order valence-corrected chi connectivity index (χ4v) is 3.10. The first kappa shape index (κ1) is 15.3. The highest BCUT2D eigenvalue weighted by Gasteiger charge is 2.11. The zero-order chi connectivity index (χ0) is 16.4. The van der Waals surface area contributed by atoms with Crippen molar-refractivity contribution in [2.75, 3.05) is 6.54 Å². The van der Waals surface area contributed by atoms with Crippen LogP contribution in [0.15, 0.2) is 48.5 Å². The lowest BCUT2D eigenvalue weighted by molar-refractivity contribution is 0.0954. The van der Waals surface area contributed by atoms with Gasteiger partial charge in [-0.3, -0.25) is 4.79 Å². The van der Waals surface area contributed by atoms with Crippen LogP contribution in [0.4, 0.5) is 0 Å². The molecule has 3 rings (SSSR count). The maximum absolute atomic E-state index is 12.2. The molecular formula is C20H22N2O. The largest absolute Gasteiger partial charge is 0.352 e. The highest BCUT2D eigenvalue weighted by atomic mass is 16.1. The summed E-state index contributed by atoms with van der Waals surface area (Å²) in [5, 5.41) is 4.30. The number of aromatic nitrogens is 1. The molecule has 0 fully saturated rings. The Morgan fingerprint density at radius 1 is 1.09 bits per heavy atom. The molecule has 1 aromatic heterocycles. The van der Waals surface area contributed by atoms with Crippen LogP contribution in [0.2, 0.25) is 0 Å². The molecule has 0 aliphatic rings. The number of carbonyl (C=O) groups is 1. The molecule has 0 atom stereocenters. The van der Waals surface area contributed by atoms with Gasteiger partial charge in [-0.1, -0.05) is 35.9 Å². The van der Waals surface area contributed by atoms with Crippen LogP contribution >= 0.6 is 0 Å². The average Bonchev–Trinajstić information content (AvgIpc) is 2.80. The minimum absolute atomic E-state index is 0.00779. The van der Waals surface area contributed by atoms with E-state index >= 15 is 0 Å². The smallest absolute Gasteiger partial charge is 0.251 e. The summed E-state index contributed by atoms with van der Waals surface area (Å²) in [7, 11) is 2.09. The van der Waals surface area contributed by atoms with Gasteiger partial charge in [0.15, 0.2) is 0 Å². The summed E-state index contributed by atoms with van der Waals surface area (Å²) in [5.41, 5.74) is 5.64. The third kappa shape index (κ3) is 3.00. The molecule has 0 spiro atoms. The predicted molar refractivity (Wildman–Crippen MR) is 94.9 cm³/mol. The molecule has 3 heteroatoms. The van der Waals surface area contributed by atoms with Crippen LogP contribution in [-0.2, 0) is 13.5 Å². The Labute approximate surface area is 136 Å². The zero-order valence-corrected chi connectivity index (χ0v) is 13.9. The normalized spacial score (nSPS) is 10.9. The SMILES string of the molecule is Cc1cccc(C(=O)NCCc2c(C)n(C)c3ccccc23)c1. The number of nitrogens with one attached hydrogen (secondary N) is 1. The van der Waals surface area contributed by atoms with Gasteiger partial charge in [-0.25, -0.2) is 0 Å². The van der Waals surface area contributed by atoms with Crippen LogP contribution in [0.3, 0.4) is 0 Å². The van der Waals surface area contributed by atoms with Crippen LogP contribution in [-0.4, -0.2) is 17.0 Å². The van der Waals surface area contributed by atoms with Gasteiger partial charge in [0.2, 0.25) is 0 Å². The summed E-state index contributed by atoms with van der Waals surface area (Å²) in [6.07, 6.45) is 0.838. The van der Waals surface area contributed by atoms with Crippen molar-refractivity contribution in [3.63, 3.8) is 0 Å². The fourth-order valence-electron chi connectivity index (χ4n) is 3.10. The molecule has 1 N–H and O–H groups in total. The highest BCUT2D eigenvalue weighted by Crippen LogP contribution is 2.24. The second kappa shape index (κ2) is 6.29. The number of aryl methyl sites for hydroxylation is 2. The molecule has 0 radical (unpaired) electrons. The van der Waals surface area contributed by atoms with E-state index in [0.717, 1.165) is 17.5 Å². The summed E-state index contributed by atoms with van der Waals surface area (Å²) in [5.74, 6) is -0.00779. The van der Waals surface area contributed by atoms with Gasteiger partial charge in [-0.05, 0) is 44.0 Å². The van der Waals surface area contributed by atoms with Crippen molar-refractivity contribution in [2.45, 2.75) is 20.3 Å². The van der Waals surface area contributed by atoms with E-state index in [-0.39, 0.29) is 5.91 Å². The molecule has 23 heavy (non-hydrogen) atoms. The van der Waals surface area contributed by atoms with Gasteiger partial charge in [-0.15, -0.1) is 0 Å². The molecule has 0 aliphatic carbocycles.